The van der Waals surface area contributed by atoms with Gasteiger partial charge in [-0.1, -0.05) is 12.1 Å². The highest BCUT2D eigenvalue weighted by Crippen LogP contribution is 2.28. The predicted octanol–water partition coefficient (Wildman–Crippen LogP) is 4.06. The van der Waals surface area contributed by atoms with E-state index in [-0.39, 0.29) is 24.0 Å². The number of aryl methyl sites for hydroxylation is 2. The van der Waals surface area contributed by atoms with E-state index in [1.165, 1.54) is 18.4 Å². The van der Waals surface area contributed by atoms with Gasteiger partial charge in [0.05, 0.1) is 12.6 Å². The second-order valence-electron chi connectivity index (χ2n) is 7.66. The maximum Gasteiger partial charge on any atom is 0.191 e. The summed E-state index contributed by atoms with van der Waals surface area (Å²) in [4.78, 5) is 4.79. The lowest BCUT2D eigenvalue weighted by Gasteiger charge is -2.17. The molecule has 0 saturated heterocycles. The molecule has 8 heteroatoms. The number of halogens is 1. The Hall–Kier alpha value is -1.84. The van der Waals surface area contributed by atoms with Gasteiger partial charge in [-0.25, -0.2) is 4.99 Å². The fourth-order valence-electron chi connectivity index (χ4n) is 3.56. The van der Waals surface area contributed by atoms with Gasteiger partial charge < -0.3 is 19.9 Å². The minimum absolute atomic E-state index is 0. The second-order valence-corrected chi connectivity index (χ2v) is 7.66. The van der Waals surface area contributed by atoms with Gasteiger partial charge in [-0.3, -0.25) is 0 Å². The van der Waals surface area contributed by atoms with Gasteiger partial charge in [-0.05, 0) is 64.0 Å². The van der Waals surface area contributed by atoms with Crippen molar-refractivity contribution in [2.75, 3.05) is 13.1 Å². The van der Waals surface area contributed by atoms with Crippen molar-refractivity contribution in [3.63, 3.8) is 0 Å². The molecular weight excluding hydrogens is 491 g/mol. The first-order chi connectivity index (χ1) is 14.2. The maximum absolute atomic E-state index is 6.31. The summed E-state index contributed by atoms with van der Waals surface area (Å²) in [7, 11) is 0. The highest BCUT2D eigenvalue weighted by molar-refractivity contribution is 14.0. The van der Waals surface area contributed by atoms with Gasteiger partial charge >= 0.3 is 0 Å². The van der Waals surface area contributed by atoms with Crippen molar-refractivity contribution < 1.29 is 4.74 Å². The Labute approximate surface area is 197 Å². The SMILES string of the molecule is CCNC(=NCc1ccc(C)cc1OC1CCCC1)NCCCCn1cnnc1.I. The Bertz CT molecular complexity index is 759. The molecule has 1 aliphatic rings. The van der Waals surface area contributed by atoms with Gasteiger partial charge in [0.25, 0.3) is 0 Å². The summed E-state index contributed by atoms with van der Waals surface area (Å²) in [5, 5.41) is 14.4. The lowest BCUT2D eigenvalue weighted by atomic mass is 10.1. The molecule has 30 heavy (non-hydrogen) atoms. The molecule has 1 aromatic carbocycles. The number of guanidine groups is 1. The highest BCUT2D eigenvalue weighted by atomic mass is 127. The van der Waals surface area contributed by atoms with Crippen LogP contribution < -0.4 is 15.4 Å². The molecule has 0 atom stereocenters. The molecule has 2 aromatic rings. The lowest BCUT2D eigenvalue weighted by Crippen LogP contribution is -2.37. The van der Waals surface area contributed by atoms with Crippen LogP contribution in [0.15, 0.2) is 35.8 Å². The zero-order valence-electron chi connectivity index (χ0n) is 18.1. The monoisotopic (exact) mass is 526 g/mol. The van der Waals surface area contributed by atoms with Gasteiger partial charge in [-0.15, -0.1) is 34.2 Å². The number of aliphatic imine (C=N–C) groups is 1. The molecule has 1 aliphatic carbocycles. The number of benzene rings is 1. The van der Waals surface area contributed by atoms with Crippen molar-refractivity contribution in [3.05, 3.63) is 42.0 Å². The summed E-state index contributed by atoms with van der Waals surface area (Å²) in [6, 6.07) is 6.43. The van der Waals surface area contributed by atoms with Gasteiger partial charge in [0, 0.05) is 25.2 Å². The second kappa shape index (κ2) is 13.5. The average Bonchev–Trinajstić information content (AvgIpc) is 3.41. The number of nitrogens with zero attached hydrogens (tertiary/aromatic N) is 4. The van der Waals surface area contributed by atoms with Crippen LogP contribution in [-0.2, 0) is 13.1 Å². The number of hydrogen-bond acceptors (Lipinski definition) is 4. The molecule has 0 aliphatic heterocycles. The molecule has 1 saturated carbocycles. The highest BCUT2D eigenvalue weighted by Gasteiger charge is 2.18. The van der Waals surface area contributed by atoms with Crippen molar-refractivity contribution in [2.24, 2.45) is 4.99 Å². The summed E-state index contributed by atoms with van der Waals surface area (Å²) < 4.78 is 8.31. The third-order valence-corrected chi connectivity index (χ3v) is 5.17. The van der Waals surface area contributed by atoms with Crippen LogP contribution in [0.2, 0.25) is 0 Å². The van der Waals surface area contributed by atoms with Crippen LogP contribution in [0.25, 0.3) is 0 Å². The lowest BCUT2D eigenvalue weighted by molar-refractivity contribution is 0.208. The van der Waals surface area contributed by atoms with Crippen molar-refractivity contribution in [1.82, 2.24) is 25.4 Å². The largest absolute Gasteiger partial charge is 0.490 e. The van der Waals surface area contributed by atoms with Crippen LogP contribution in [0.4, 0.5) is 0 Å². The molecular formula is C22H35IN6O. The van der Waals surface area contributed by atoms with E-state index in [4.69, 9.17) is 9.73 Å². The predicted molar refractivity (Wildman–Crippen MR) is 132 cm³/mol. The third kappa shape index (κ3) is 8.12. The van der Waals surface area contributed by atoms with Gasteiger partial charge in [0.1, 0.15) is 18.4 Å². The number of nitrogens with one attached hydrogen (secondary N) is 2. The Morgan fingerprint density at radius 2 is 1.93 bits per heavy atom. The number of hydrogen-bond donors (Lipinski definition) is 2. The van der Waals surface area contributed by atoms with Crippen molar-refractivity contribution in [2.45, 2.75) is 71.6 Å². The van der Waals surface area contributed by atoms with E-state index in [9.17, 15) is 0 Å². The number of aromatic nitrogens is 3. The number of unbranched alkanes of at least 4 members (excludes halogenated alkanes) is 1. The maximum atomic E-state index is 6.31. The van der Waals surface area contributed by atoms with E-state index in [1.807, 2.05) is 4.57 Å². The van der Waals surface area contributed by atoms with Crippen LogP contribution in [0.1, 0.15) is 56.6 Å². The molecule has 0 spiro atoms. The van der Waals surface area contributed by atoms with Crippen LogP contribution in [0, 0.1) is 6.92 Å². The normalized spacial score (nSPS) is 14.4. The molecule has 1 fully saturated rings. The third-order valence-electron chi connectivity index (χ3n) is 5.17. The van der Waals surface area contributed by atoms with Crippen molar-refractivity contribution >= 4 is 29.9 Å². The van der Waals surface area contributed by atoms with E-state index >= 15 is 0 Å². The first kappa shape index (κ1) is 24.4. The molecule has 7 nitrogen and oxygen atoms in total. The fraction of sp³-hybridized carbons (Fsp3) is 0.591. The minimum Gasteiger partial charge on any atom is -0.490 e. The zero-order valence-corrected chi connectivity index (χ0v) is 20.5. The van der Waals surface area contributed by atoms with E-state index in [0.717, 1.165) is 62.6 Å². The van der Waals surface area contributed by atoms with Gasteiger partial charge in [0.2, 0.25) is 0 Å². The Balaban J connectivity index is 0.00000320. The van der Waals surface area contributed by atoms with Crippen LogP contribution in [0.3, 0.4) is 0 Å². The van der Waals surface area contributed by atoms with Gasteiger partial charge in [0.15, 0.2) is 5.96 Å². The standard InChI is InChI=1S/C22H34N6O.HI/c1-3-23-22(24-12-6-7-13-28-16-26-27-17-28)25-15-19-11-10-18(2)14-21(19)29-20-8-4-5-9-20;/h10-11,14,16-17,20H,3-9,12-13,15H2,1-2H3,(H2,23,24,25);1H. The van der Waals surface area contributed by atoms with Gasteiger partial charge in [-0.2, -0.15) is 0 Å². The quantitative estimate of drug-likeness (QED) is 0.211. The molecule has 1 aromatic heterocycles. The first-order valence-electron chi connectivity index (χ1n) is 10.9. The summed E-state index contributed by atoms with van der Waals surface area (Å²) >= 11 is 0. The zero-order chi connectivity index (χ0) is 20.3. The van der Waals surface area contributed by atoms with Crippen molar-refractivity contribution in [1.29, 1.82) is 0 Å². The molecule has 0 bridgehead atoms. The Kier molecular flexibility index (Phi) is 11.0. The van der Waals surface area contributed by atoms with Crippen LogP contribution in [0.5, 0.6) is 5.75 Å². The summed E-state index contributed by atoms with van der Waals surface area (Å²) in [6.45, 7) is 7.47. The molecule has 1 heterocycles. The summed E-state index contributed by atoms with van der Waals surface area (Å²) in [5.41, 5.74) is 2.37. The Morgan fingerprint density at radius 1 is 1.17 bits per heavy atom. The summed E-state index contributed by atoms with van der Waals surface area (Å²) in [5.74, 6) is 1.84. The first-order valence-corrected chi connectivity index (χ1v) is 10.9. The van der Waals surface area contributed by atoms with Crippen LogP contribution >= 0.6 is 24.0 Å². The smallest absolute Gasteiger partial charge is 0.191 e. The summed E-state index contributed by atoms with van der Waals surface area (Å²) in [6.07, 6.45) is 10.9. The molecule has 3 rings (SSSR count). The molecule has 0 radical (unpaired) electrons. The van der Waals surface area contributed by atoms with E-state index in [1.54, 1.807) is 12.7 Å². The number of ether oxygens (including phenoxy) is 1. The Morgan fingerprint density at radius 3 is 2.67 bits per heavy atom. The average molecular weight is 526 g/mol. The minimum atomic E-state index is 0. The number of rotatable bonds is 10. The fourth-order valence-corrected chi connectivity index (χ4v) is 3.56. The molecule has 2 N–H and O–H groups in total. The van der Waals surface area contributed by atoms with Crippen molar-refractivity contribution in [3.8, 4) is 5.75 Å². The van der Waals surface area contributed by atoms with Crippen LogP contribution in [-0.4, -0.2) is 39.9 Å². The molecule has 0 unspecified atom stereocenters. The van der Waals surface area contributed by atoms with E-state index in [2.05, 4.69) is 52.9 Å². The van der Waals surface area contributed by atoms with E-state index < -0.39 is 0 Å². The molecule has 166 valence electrons. The topological polar surface area (TPSA) is 76.4 Å². The molecule has 0 amide bonds. The van der Waals surface area contributed by atoms with E-state index in [0.29, 0.717) is 12.6 Å².